The topological polar surface area (TPSA) is 21.3 Å². The Hall–Kier alpha value is -7.36. The lowest BCUT2D eigenvalue weighted by Gasteiger charge is -2.27. The summed E-state index contributed by atoms with van der Waals surface area (Å²) in [5, 5.41) is 7.33. The normalized spacial score (nSPS) is 17.3. The van der Waals surface area contributed by atoms with Crippen molar-refractivity contribution >= 4 is 71.6 Å². The molecule has 296 valence electrons. The summed E-state index contributed by atoms with van der Waals surface area (Å²) in [6, 6.07) is 73.6. The van der Waals surface area contributed by atoms with Gasteiger partial charge in [0.15, 0.2) is 0 Å². The largest absolute Gasteiger partial charge is 0.456 e. The van der Waals surface area contributed by atoms with Crippen LogP contribution in [0.4, 0.5) is 17.1 Å². The third kappa shape index (κ3) is 5.51. The number of furan rings is 1. The summed E-state index contributed by atoms with van der Waals surface area (Å²) in [6.45, 7) is 0. The molecule has 3 nitrogen and oxygen atoms in total. The minimum absolute atomic E-state index is 0.337. The lowest BCUT2D eigenvalue weighted by molar-refractivity contribution is 0.419. The quantitative estimate of drug-likeness (QED) is 0.160. The summed E-state index contributed by atoms with van der Waals surface area (Å²) >= 11 is 0. The van der Waals surface area contributed by atoms with Gasteiger partial charge >= 0.3 is 0 Å². The van der Waals surface area contributed by atoms with Gasteiger partial charge in [-0.2, -0.15) is 0 Å². The van der Waals surface area contributed by atoms with E-state index in [9.17, 15) is 0 Å². The molecule has 2 heterocycles. The number of anilines is 3. The third-order valence-corrected chi connectivity index (χ3v) is 14.4. The predicted octanol–water partition coefficient (Wildman–Crippen LogP) is 16.5. The van der Waals surface area contributed by atoms with Crippen LogP contribution in [0.15, 0.2) is 205 Å². The Kier molecular flexibility index (Phi) is 7.90. The van der Waals surface area contributed by atoms with Crippen LogP contribution in [0.2, 0.25) is 0 Å². The molecule has 2 saturated carbocycles. The van der Waals surface area contributed by atoms with E-state index in [1.165, 1.54) is 98.2 Å². The number of fused-ring (bicyclic) bond motifs is 9. The van der Waals surface area contributed by atoms with E-state index in [-0.39, 0.29) is 0 Å². The second-order valence-electron chi connectivity index (χ2n) is 17.8. The first-order valence-electron chi connectivity index (χ1n) is 22.2. The maximum Gasteiger partial charge on any atom is 0.135 e. The Morgan fingerprint density at radius 1 is 0.468 bits per heavy atom. The molecule has 0 saturated heterocycles. The monoisotopic (exact) mass is 796 g/mol. The number of hydrogen-bond donors (Lipinski definition) is 0. The van der Waals surface area contributed by atoms with Crippen molar-refractivity contribution in [1.82, 2.24) is 4.57 Å². The average molecular weight is 797 g/mol. The molecule has 0 atom stereocenters. The molecule has 2 fully saturated rings. The third-order valence-electron chi connectivity index (χ3n) is 14.4. The molecule has 0 amide bonds. The maximum atomic E-state index is 6.36. The molecule has 0 unspecified atom stereocenters. The molecule has 13 rings (SSSR count). The van der Waals surface area contributed by atoms with Crippen molar-refractivity contribution in [2.24, 2.45) is 5.92 Å². The van der Waals surface area contributed by atoms with Crippen molar-refractivity contribution in [2.75, 3.05) is 4.90 Å². The van der Waals surface area contributed by atoms with Crippen LogP contribution < -0.4 is 4.90 Å². The fraction of sp³-hybridized carbons (Fsp3) is 0.119. The van der Waals surface area contributed by atoms with Crippen molar-refractivity contribution in [3.8, 4) is 27.9 Å². The Balaban J connectivity index is 1.04. The first-order chi connectivity index (χ1) is 30.7. The van der Waals surface area contributed by atoms with Gasteiger partial charge in [-0.15, -0.1) is 0 Å². The van der Waals surface area contributed by atoms with Gasteiger partial charge in [0.05, 0.1) is 11.0 Å². The number of nitrogens with zero attached hydrogens (tertiary/aromatic N) is 2. The van der Waals surface area contributed by atoms with E-state index in [1.54, 1.807) is 0 Å². The van der Waals surface area contributed by atoms with Gasteiger partial charge in [0, 0.05) is 44.3 Å². The maximum absolute atomic E-state index is 6.36. The minimum atomic E-state index is 0.337. The zero-order valence-corrected chi connectivity index (χ0v) is 34.5. The lowest BCUT2D eigenvalue weighted by atomic mass is 9.77. The van der Waals surface area contributed by atoms with Crippen molar-refractivity contribution in [1.29, 1.82) is 0 Å². The second-order valence-corrected chi connectivity index (χ2v) is 17.8. The first-order valence-corrected chi connectivity index (χ1v) is 22.2. The summed E-state index contributed by atoms with van der Waals surface area (Å²) < 4.78 is 8.84. The van der Waals surface area contributed by atoms with Crippen LogP contribution in [0.25, 0.3) is 82.5 Å². The summed E-state index contributed by atoms with van der Waals surface area (Å²) in [4.78, 5) is 2.43. The highest BCUT2D eigenvalue weighted by molar-refractivity contribution is 6.12. The summed E-state index contributed by atoms with van der Waals surface area (Å²) in [7, 11) is 0. The van der Waals surface area contributed by atoms with Crippen LogP contribution >= 0.6 is 0 Å². The van der Waals surface area contributed by atoms with Gasteiger partial charge in [0.25, 0.3) is 0 Å². The molecule has 2 aliphatic carbocycles. The smallest absolute Gasteiger partial charge is 0.135 e. The molecule has 2 aromatic heterocycles. The molecule has 0 radical (unpaired) electrons. The molecule has 3 heteroatoms. The van der Waals surface area contributed by atoms with Crippen molar-refractivity contribution in [3.63, 3.8) is 0 Å². The Morgan fingerprint density at radius 2 is 1.15 bits per heavy atom. The molecule has 2 aliphatic rings. The number of rotatable bonds is 7. The molecule has 0 N–H and O–H groups in total. The van der Waals surface area contributed by atoms with E-state index in [2.05, 4.69) is 204 Å². The van der Waals surface area contributed by atoms with Gasteiger partial charge in [-0.3, -0.25) is 0 Å². The van der Waals surface area contributed by atoms with Gasteiger partial charge < -0.3 is 13.9 Å². The zero-order valence-electron chi connectivity index (χ0n) is 34.5. The van der Waals surface area contributed by atoms with E-state index in [0.717, 1.165) is 44.9 Å². The number of benzene rings is 9. The van der Waals surface area contributed by atoms with Gasteiger partial charge in [0.2, 0.25) is 0 Å². The van der Waals surface area contributed by atoms with Crippen LogP contribution in [-0.4, -0.2) is 4.57 Å². The van der Waals surface area contributed by atoms with E-state index < -0.39 is 0 Å². The highest BCUT2D eigenvalue weighted by Gasteiger charge is 2.45. The number of aromatic nitrogens is 1. The molecular formula is C59H44N2O. The van der Waals surface area contributed by atoms with Crippen LogP contribution in [0.1, 0.15) is 37.7 Å². The molecule has 0 aliphatic heterocycles. The van der Waals surface area contributed by atoms with E-state index >= 15 is 0 Å². The molecule has 62 heavy (non-hydrogen) atoms. The lowest BCUT2D eigenvalue weighted by Crippen LogP contribution is -2.19. The summed E-state index contributed by atoms with van der Waals surface area (Å²) in [5.74, 6) is 0.897. The Morgan fingerprint density at radius 3 is 1.95 bits per heavy atom. The van der Waals surface area contributed by atoms with Crippen molar-refractivity contribution in [3.05, 3.63) is 206 Å². The van der Waals surface area contributed by atoms with Crippen LogP contribution in [0.3, 0.4) is 0 Å². The molecule has 11 aromatic rings. The molecule has 2 bridgehead atoms. The second kappa shape index (κ2) is 13.8. The Bertz CT molecular complexity index is 3510. The predicted molar refractivity (Wildman–Crippen MR) is 259 cm³/mol. The van der Waals surface area contributed by atoms with E-state index in [1.807, 2.05) is 6.07 Å². The minimum Gasteiger partial charge on any atom is -0.456 e. The first kappa shape index (κ1) is 35.4. The van der Waals surface area contributed by atoms with E-state index in [4.69, 9.17) is 4.42 Å². The highest BCUT2D eigenvalue weighted by Crippen LogP contribution is 2.56. The average Bonchev–Trinajstić information content (AvgIpc) is 4.13. The highest BCUT2D eigenvalue weighted by atomic mass is 16.3. The van der Waals surface area contributed by atoms with Crippen LogP contribution in [0.5, 0.6) is 0 Å². The zero-order chi connectivity index (χ0) is 40.8. The van der Waals surface area contributed by atoms with E-state index in [0.29, 0.717) is 5.41 Å². The molecular weight excluding hydrogens is 753 g/mol. The van der Waals surface area contributed by atoms with Crippen molar-refractivity contribution < 1.29 is 4.42 Å². The summed E-state index contributed by atoms with van der Waals surface area (Å²) in [6.07, 6.45) is 6.73. The van der Waals surface area contributed by atoms with Gasteiger partial charge in [-0.25, -0.2) is 0 Å². The van der Waals surface area contributed by atoms with Gasteiger partial charge in [-0.05, 0) is 155 Å². The Labute approximate surface area is 361 Å². The molecule has 0 spiro atoms. The van der Waals surface area contributed by atoms with Crippen molar-refractivity contribution in [2.45, 2.75) is 37.5 Å². The summed E-state index contributed by atoms with van der Waals surface area (Å²) in [5.41, 5.74) is 15.4. The fourth-order valence-electron chi connectivity index (χ4n) is 11.5. The number of para-hydroxylation sites is 2. The molecule has 9 aromatic carbocycles. The van der Waals surface area contributed by atoms with Crippen LogP contribution in [-0.2, 0) is 5.41 Å². The van der Waals surface area contributed by atoms with Crippen LogP contribution in [0, 0.1) is 5.92 Å². The number of hydrogen-bond acceptors (Lipinski definition) is 2. The fourth-order valence-corrected chi connectivity index (χ4v) is 11.5. The SMILES string of the molecule is c1ccc(-c2cccc3cccc(-c4cccc(N(c5ccc6oc7ccccc7c6c5)c5ccc6c7cc(C89CCC(CC8)C9)ccc7n(-c7ccccc7)c6c5)c4)c23)cc1. The standard InChI is InChI=1S/C59H44N2O/c1-3-12-40(13-4-1)48-21-10-14-41-15-11-22-49(58(41)48)42-16-9-19-45(34-42)60(46-26-29-57-53(36-46)51-20-7-8-23-56(51)62-57)47-25-27-50-52-35-43(59-32-30-39(38-59)31-33-59)24-28-54(52)61(55(50)37-47)44-17-5-2-6-18-44/h1-29,34-37,39H,30-33,38H2. The van der Waals surface area contributed by atoms with Gasteiger partial charge in [0.1, 0.15) is 11.2 Å². The van der Waals surface area contributed by atoms with Gasteiger partial charge in [-0.1, -0.05) is 127 Å².